The molecule has 8 heteroatoms. The summed E-state index contributed by atoms with van der Waals surface area (Å²) in [6.07, 6.45) is -0.177. The Morgan fingerprint density at radius 2 is 1.90 bits per heavy atom. The molecule has 0 unspecified atom stereocenters. The third-order valence-electron chi connectivity index (χ3n) is 4.69. The van der Waals surface area contributed by atoms with Crippen LogP contribution in [0.25, 0.3) is 22.4 Å². The lowest BCUT2D eigenvalue weighted by molar-refractivity contribution is -0.144. The van der Waals surface area contributed by atoms with Gasteiger partial charge in [-0.2, -0.15) is 0 Å². The van der Waals surface area contributed by atoms with E-state index >= 15 is 0 Å². The second-order valence-corrected chi connectivity index (χ2v) is 8.34. The Morgan fingerprint density at radius 1 is 1.13 bits per heavy atom. The number of para-hydroxylation sites is 1. The number of hydrogen-bond donors (Lipinski definition) is 0. The number of carbonyl (C=O) groups is 1. The lowest BCUT2D eigenvalue weighted by atomic mass is 10.1. The van der Waals surface area contributed by atoms with E-state index in [4.69, 9.17) is 4.74 Å². The van der Waals surface area contributed by atoms with Crippen molar-refractivity contribution in [3.63, 3.8) is 0 Å². The monoisotopic (exact) mass is 422 g/mol. The molecular formula is C22H22N4O3S. The van der Waals surface area contributed by atoms with Gasteiger partial charge in [-0.05, 0) is 57.0 Å². The van der Waals surface area contributed by atoms with Crippen molar-refractivity contribution >= 4 is 34.4 Å². The number of nitrogens with zero attached hydrogens (tertiary/aromatic N) is 4. The van der Waals surface area contributed by atoms with Gasteiger partial charge < -0.3 is 4.74 Å². The van der Waals surface area contributed by atoms with E-state index in [2.05, 4.69) is 10.2 Å². The van der Waals surface area contributed by atoms with Crippen LogP contribution in [-0.4, -0.2) is 37.0 Å². The molecule has 0 aliphatic rings. The molecule has 2 heterocycles. The highest BCUT2D eigenvalue weighted by molar-refractivity contribution is 7.99. The summed E-state index contributed by atoms with van der Waals surface area (Å²) in [4.78, 5) is 25.4. The van der Waals surface area contributed by atoms with Gasteiger partial charge >= 0.3 is 5.97 Å². The van der Waals surface area contributed by atoms with Gasteiger partial charge in [0.05, 0.1) is 28.4 Å². The van der Waals surface area contributed by atoms with Crippen LogP contribution >= 0.6 is 11.8 Å². The summed E-state index contributed by atoms with van der Waals surface area (Å²) in [5.74, 6) is 0.196. The van der Waals surface area contributed by atoms with Crippen LogP contribution in [0.2, 0.25) is 0 Å². The number of ether oxygens (including phenoxy) is 1. The van der Waals surface area contributed by atoms with Crippen LogP contribution in [0.15, 0.2) is 52.4 Å². The molecule has 0 aliphatic carbocycles. The van der Waals surface area contributed by atoms with Gasteiger partial charge in [-0.1, -0.05) is 36.0 Å². The Hall–Kier alpha value is -3.13. The number of aromatic nitrogens is 4. The summed E-state index contributed by atoms with van der Waals surface area (Å²) < 4.78 is 8.63. The zero-order chi connectivity index (χ0) is 21.4. The number of benzene rings is 2. The predicted octanol–water partition coefficient (Wildman–Crippen LogP) is 3.69. The van der Waals surface area contributed by atoms with Gasteiger partial charge in [-0.25, -0.2) is 4.57 Å². The quantitative estimate of drug-likeness (QED) is 0.361. The molecule has 0 radical (unpaired) electrons. The summed E-state index contributed by atoms with van der Waals surface area (Å²) in [7, 11) is 0. The molecule has 0 saturated heterocycles. The molecule has 0 spiro atoms. The third-order valence-corrected chi connectivity index (χ3v) is 5.59. The van der Waals surface area contributed by atoms with Crippen molar-refractivity contribution in [2.45, 2.75) is 39.0 Å². The van der Waals surface area contributed by atoms with Crippen molar-refractivity contribution < 1.29 is 9.53 Å². The normalized spacial score (nSPS) is 11.5. The van der Waals surface area contributed by atoms with Crippen molar-refractivity contribution in [1.82, 2.24) is 19.2 Å². The number of aryl methyl sites for hydroxylation is 2. The summed E-state index contributed by atoms with van der Waals surface area (Å²) in [5, 5.41) is 9.68. The minimum Gasteiger partial charge on any atom is -0.462 e. The Labute approximate surface area is 177 Å². The predicted molar refractivity (Wildman–Crippen MR) is 118 cm³/mol. The van der Waals surface area contributed by atoms with E-state index in [1.54, 1.807) is 10.6 Å². The van der Waals surface area contributed by atoms with Crippen LogP contribution in [0.1, 0.15) is 25.0 Å². The van der Waals surface area contributed by atoms with Gasteiger partial charge in [-0.15, -0.1) is 10.2 Å². The Kier molecular flexibility index (Phi) is 5.34. The molecule has 0 aliphatic heterocycles. The maximum Gasteiger partial charge on any atom is 0.316 e. The first-order valence-electron chi connectivity index (χ1n) is 9.65. The van der Waals surface area contributed by atoms with Gasteiger partial charge in [0.25, 0.3) is 5.56 Å². The van der Waals surface area contributed by atoms with Gasteiger partial charge in [0, 0.05) is 0 Å². The fourth-order valence-corrected chi connectivity index (χ4v) is 4.09. The minimum atomic E-state index is -0.320. The van der Waals surface area contributed by atoms with E-state index in [-0.39, 0.29) is 23.4 Å². The van der Waals surface area contributed by atoms with Gasteiger partial charge in [0.1, 0.15) is 0 Å². The summed E-state index contributed by atoms with van der Waals surface area (Å²) in [6, 6.07) is 13.3. The van der Waals surface area contributed by atoms with E-state index < -0.39 is 0 Å². The van der Waals surface area contributed by atoms with Crippen molar-refractivity contribution in [2.24, 2.45) is 0 Å². The molecular weight excluding hydrogens is 400 g/mol. The van der Waals surface area contributed by atoms with Crippen LogP contribution < -0.4 is 5.56 Å². The molecule has 0 bridgehead atoms. The van der Waals surface area contributed by atoms with Crippen molar-refractivity contribution in [2.75, 3.05) is 5.75 Å². The molecule has 0 fully saturated rings. The maximum absolute atomic E-state index is 13.4. The molecule has 2 aromatic heterocycles. The molecule has 4 aromatic rings. The molecule has 4 rings (SSSR count). The smallest absolute Gasteiger partial charge is 0.316 e. The first-order chi connectivity index (χ1) is 14.4. The molecule has 0 atom stereocenters. The summed E-state index contributed by atoms with van der Waals surface area (Å²) in [6.45, 7) is 7.56. The van der Waals surface area contributed by atoms with Crippen molar-refractivity contribution in [3.8, 4) is 5.69 Å². The molecule has 7 nitrogen and oxygen atoms in total. The van der Waals surface area contributed by atoms with E-state index in [0.717, 1.165) is 16.8 Å². The average Bonchev–Trinajstić information content (AvgIpc) is 3.12. The molecule has 30 heavy (non-hydrogen) atoms. The molecule has 154 valence electrons. The van der Waals surface area contributed by atoms with Crippen LogP contribution in [0.5, 0.6) is 0 Å². The highest BCUT2D eigenvalue weighted by Crippen LogP contribution is 2.24. The molecule has 0 N–H and O–H groups in total. The Balaban J connectivity index is 1.94. The maximum atomic E-state index is 13.4. The third kappa shape index (κ3) is 3.59. The largest absolute Gasteiger partial charge is 0.462 e. The SMILES string of the molecule is Cc1ccc(C)c(-n2c(=O)c3ccccc3n3c(SCC(=O)OC(C)C)nnc23)c1. The highest BCUT2D eigenvalue weighted by Gasteiger charge is 2.20. The standard InChI is InChI=1S/C22H22N4O3S/c1-13(2)29-19(27)12-30-22-24-23-21-25(18-11-14(3)9-10-15(18)4)20(28)16-7-5-6-8-17(16)26(21)22/h5-11,13H,12H2,1-4H3. The van der Waals surface area contributed by atoms with Crippen LogP contribution in [0.3, 0.4) is 0 Å². The summed E-state index contributed by atoms with van der Waals surface area (Å²) >= 11 is 1.24. The van der Waals surface area contributed by atoms with E-state index in [1.807, 2.05) is 68.5 Å². The van der Waals surface area contributed by atoms with Crippen LogP contribution in [0, 0.1) is 13.8 Å². The first kappa shape index (κ1) is 20.2. The molecule has 0 saturated carbocycles. The lowest BCUT2D eigenvalue weighted by Gasteiger charge is -2.14. The van der Waals surface area contributed by atoms with Crippen LogP contribution in [-0.2, 0) is 9.53 Å². The van der Waals surface area contributed by atoms with Gasteiger partial charge in [0.15, 0.2) is 5.16 Å². The number of carbonyl (C=O) groups excluding carboxylic acids is 1. The average molecular weight is 423 g/mol. The minimum absolute atomic E-state index is 0.107. The fourth-order valence-electron chi connectivity index (χ4n) is 3.37. The molecule has 2 aromatic carbocycles. The number of fused-ring (bicyclic) bond motifs is 3. The summed E-state index contributed by atoms with van der Waals surface area (Å²) in [5.41, 5.74) is 3.30. The topological polar surface area (TPSA) is 78.5 Å². The zero-order valence-corrected chi connectivity index (χ0v) is 18.1. The highest BCUT2D eigenvalue weighted by atomic mass is 32.2. The Bertz CT molecular complexity index is 1320. The lowest BCUT2D eigenvalue weighted by Crippen LogP contribution is -2.22. The van der Waals surface area contributed by atoms with E-state index in [0.29, 0.717) is 21.8 Å². The molecule has 0 amide bonds. The number of esters is 1. The van der Waals surface area contributed by atoms with Gasteiger partial charge in [-0.3, -0.25) is 14.0 Å². The fraction of sp³-hybridized carbons (Fsp3) is 0.273. The van der Waals surface area contributed by atoms with E-state index in [9.17, 15) is 9.59 Å². The Morgan fingerprint density at radius 3 is 2.67 bits per heavy atom. The number of thioether (sulfide) groups is 1. The van der Waals surface area contributed by atoms with Crippen molar-refractivity contribution in [1.29, 1.82) is 0 Å². The zero-order valence-electron chi connectivity index (χ0n) is 17.2. The first-order valence-corrected chi connectivity index (χ1v) is 10.6. The second kappa shape index (κ2) is 7.95. The van der Waals surface area contributed by atoms with Crippen molar-refractivity contribution in [3.05, 3.63) is 63.9 Å². The van der Waals surface area contributed by atoms with E-state index in [1.165, 1.54) is 11.8 Å². The second-order valence-electron chi connectivity index (χ2n) is 7.39. The number of rotatable bonds is 5. The van der Waals surface area contributed by atoms with Gasteiger partial charge in [0.2, 0.25) is 5.78 Å². The number of hydrogen-bond acceptors (Lipinski definition) is 6. The van der Waals surface area contributed by atoms with Crippen LogP contribution in [0.4, 0.5) is 0 Å².